The van der Waals surface area contributed by atoms with E-state index in [1.165, 1.54) is 24.3 Å². The number of halogens is 3. The minimum atomic E-state index is -5.79. The Morgan fingerprint density at radius 3 is 2.21 bits per heavy atom. The topological polar surface area (TPSA) is 136 Å². The zero-order chi connectivity index (χ0) is 21.2. The van der Waals surface area contributed by atoms with Crippen molar-refractivity contribution in [1.29, 1.82) is 0 Å². The normalized spacial score (nSPS) is 12.6. The molecule has 1 amide bonds. The summed E-state index contributed by atoms with van der Waals surface area (Å²) in [6.45, 7) is -0.0477. The van der Waals surface area contributed by atoms with Gasteiger partial charge in [-0.3, -0.25) is 4.79 Å². The number of pyridine rings is 1. The number of primary sulfonamides is 1. The molecule has 0 aliphatic carbocycles. The first-order valence-corrected chi connectivity index (χ1v) is 10.5. The van der Waals surface area contributed by atoms with Crippen molar-refractivity contribution >= 4 is 25.8 Å². The number of nitrogens with one attached hydrogen (secondary N) is 1. The van der Waals surface area contributed by atoms with Gasteiger partial charge in [-0.25, -0.2) is 27.0 Å². The first kappa shape index (κ1) is 21.8. The summed E-state index contributed by atoms with van der Waals surface area (Å²) in [5.41, 5.74) is -5.71. The quantitative estimate of drug-likeness (QED) is 0.692. The maximum absolute atomic E-state index is 12.7. The Balaban J connectivity index is 2.11. The molecular weight excluding hydrogens is 423 g/mol. The molecular formula is C15H14F3N3O5S2. The number of amides is 1. The average Bonchev–Trinajstić information content (AvgIpc) is 2.60. The Labute approximate surface area is 158 Å². The lowest BCUT2D eigenvalue weighted by Gasteiger charge is -2.11. The molecule has 0 saturated heterocycles. The lowest BCUT2D eigenvalue weighted by atomic mass is 10.1. The minimum absolute atomic E-state index is 0.0477. The molecule has 1 aromatic carbocycles. The van der Waals surface area contributed by atoms with Crippen molar-refractivity contribution in [2.75, 3.05) is 6.54 Å². The van der Waals surface area contributed by atoms with Crippen LogP contribution in [0.4, 0.5) is 13.2 Å². The van der Waals surface area contributed by atoms with E-state index in [2.05, 4.69) is 10.3 Å². The number of rotatable bonds is 6. The number of aromatic nitrogens is 1. The van der Waals surface area contributed by atoms with E-state index >= 15 is 0 Å². The van der Waals surface area contributed by atoms with Crippen LogP contribution in [0.5, 0.6) is 0 Å². The summed E-state index contributed by atoms with van der Waals surface area (Å²) in [7, 11) is -9.63. The summed E-state index contributed by atoms with van der Waals surface area (Å²) in [5, 5.41) is 5.90. The molecule has 28 heavy (non-hydrogen) atoms. The molecule has 0 bridgehead atoms. The average molecular weight is 437 g/mol. The van der Waals surface area contributed by atoms with Crippen molar-refractivity contribution in [1.82, 2.24) is 10.3 Å². The summed E-state index contributed by atoms with van der Waals surface area (Å²) in [5.74, 6) is -1.04. The highest BCUT2D eigenvalue weighted by atomic mass is 32.2. The van der Waals surface area contributed by atoms with Crippen molar-refractivity contribution in [3.63, 3.8) is 0 Å². The summed E-state index contributed by atoms with van der Waals surface area (Å²) >= 11 is 0. The third kappa shape index (κ3) is 4.85. The highest BCUT2D eigenvalue weighted by Crippen LogP contribution is 2.30. The van der Waals surface area contributed by atoms with Gasteiger partial charge in [-0.1, -0.05) is 12.1 Å². The molecule has 8 nitrogen and oxygen atoms in total. The molecule has 1 aromatic heterocycles. The van der Waals surface area contributed by atoms with Gasteiger partial charge in [0.1, 0.15) is 0 Å². The molecule has 2 rings (SSSR count). The fourth-order valence-electron chi connectivity index (χ4n) is 2.15. The van der Waals surface area contributed by atoms with Crippen LogP contribution in [0.2, 0.25) is 0 Å². The van der Waals surface area contributed by atoms with E-state index in [1.54, 1.807) is 0 Å². The van der Waals surface area contributed by atoms with E-state index < -0.39 is 41.9 Å². The number of nitrogens with zero attached hydrogens (tertiary/aromatic N) is 1. The Hall–Kier alpha value is -2.51. The number of nitrogens with two attached hydrogens (primary N) is 1. The second kappa shape index (κ2) is 7.85. The van der Waals surface area contributed by atoms with Crippen molar-refractivity contribution < 1.29 is 34.8 Å². The summed E-state index contributed by atoms with van der Waals surface area (Å²) in [4.78, 5) is 15.2. The summed E-state index contributed by atoms with van der Waals surface area (Å²) in [6.07, 6.45) is 1.04. The number of sulfone groups is 1. The molecule has 152 valence electrons. The van der Waals surface area contributed by atoms with Crippen LogP contribution in [0.3, 0.4) is 0 Å². The smallest absolute Gasteiger partial charge is 0.352 e. The molecule has 0 unspecified atom stereocenters. The fourth-order valence-corrected chi connectivity index (χ4v) is 3.53. The van der Waals surface area contributed by atoms with Gasteiger partial charge in [0.05, 0.1) is 10.5 Å². The van der Waals surface area contributed by atoms with Crippen molar-refractivity contribution in [3.05, 3.63) is 53.7 Å². The Morgan fingerprint density at radius 2 is 1.68 bits per heavy atom. The predicted octanol–water partition coefficient (Wildman–Crippen LogP) is 0.995. The first-order valence-electron chi connectivity index (χ1n) is 7.50. The SMILES string of the molecule is NS(=O)(=O)c1ccc(CCNC(=O)c2cccnc2S(=O)(=O)C(F)(F)F)cc1. The second-order valence-electron chi connectivity index (χ2n) is 5.50. The molecule has 3 N–H and O–H groups in total. The summed E-state index contributed by atoms with van der Waals surface area (Å²) < 4.78 is 83.7. The van der Waals surface area contributed by atoms with Crippen LogP contribution < -0.4 is 10.5 Å². The van der Waals surface area contributed by atoms with Crippen LogP contribution in [0.1, 0.15) is 15.9 Å². The number of sulfonamides is 1. The van der Waals surface area contributed by atoms with Crippen LogP contribution in [0, 0.1) is 0 Å². The zero-order valence-corrected chi connectivity index (χ0v) is 15.6. The predicted molar refractivity (Wildman–Crippen MR) is 91.3 cm³/mol. The molecule has 0 atom stereocenters. The monoisotopic (exact) mass is 437 g/mol. The lowest BCUT2D eigenvalue weighted by molar-refractivity contribution is -0.0438. The maximum Gasteiger partial charge on any atom is 0.503 e. The van der Waals surface area contributed by atoms with Crippen LogP contribution in [-0.2, 0) is 26.3 Å². The Kier molecular flexibility index (Phi) is 6.11. The van der Waals surface area contributed by atoms with Crippen LogP contribution in [-0.4, -0.2) is 39.8 Å². The number of benzene rings is 1. The van der Waals surface area contributed by atoms with Crippen molar-refractivity contribution in [2.24, 2.45) is 5.14 Å². The molecule has 0 spiro atoms. The van der Waals surface area contributed by atoms with Gasteiger partial charge in [-0.15, -0.1) is 0 Å². The van der Waals surface area contributed by atoms with Crippen molar-refractivity contribution in [2.45, 2.75) is 21.9 Å². The van der Waals surface area contributed by atoms with E-state index in [0.717, 1.165) is 18.3 Å². The largest absolute Gasteiger partial charge is 0.503 e. The van der Waals surface area contributed by atoms with Crippen LogP contribution >= 0.6 is 0 Å². The van der Waals surface area contributed by atoms with Gasteiger partial charge >= 0.3 is 5.51 Å². The van der Waals surface area contributed by atoms with E-state index in [4.69, 9.17) is 5.14 Å². The third-order valence-corrected chi connectivity index (χ3v) is 5.90. The highest BCUT2D eigenvalue weighted by molar-refractivity contribution is 7.92. The number of hydrogen-bond acceptors (Lipinski definition) is 6. The molecule has 0 radical (unpaired) electrons. The number of carbonyl (C=O) groups is 1. The van der Waals surface area contributed by atoms with Gasteiger partial charge in [0.25, 0.3) is 15.7 Å². The molecule has 0 saturated carbocycles. The molecule has 13 heteroatoms. The van der Waals surface area contributed by atoms with Gasteiger partial charge in [-0.2, -0.15) is 13.2 Å². The second-order valence-corrected chi connectivity index (χ2v) is 8.92. The Morgan fingerprint density at radius 1 is 1.07 bits per heavy atom. The highest BCUT2D eigenvalue weighted by Gasteiger charge is 2.49. The first-order chi connectivity index (χ1) is 12.8. The van der Waals surface area contributed by atoms with Gasteiger partial charge in [0, 0.05) is 12.7 Å². The van der Waals surface area contributed by atoms with Crippen molar-refractivity contribution in [3.8, 4) is 0 Å². The van der Waals surface area contributed by atoms with Crippen LogP contribution in [0.15, 0.2) is 52.5 Å². The van der Waals surface area contributed by atoms with E-state index in [1.807, 2.05) is 0 Å². The molecule has 1 heterocycles. The molecule has 0 aliphatic rings. The van der Waals surface area contributed by atoms with Gasteiger partial charge < -0.3 is 5.32 Å². The fraction of sp³-hybridized carbons (Fsp3) is 0.200. The Bertz CT molecular complexity index is 1080. The maximum atomic E-state index is 12.7. The van der Waals surface area contributed by atoms with Crippen LogP contribution in [0.25, 0.3) is 0 Å². The lowest BCUT2D eigenvalue weighted by Crippen LogP contribution is -2.31. The molecule has 0 fully saturated rings. The number of carbonyl (C=O) groups excluding carboxylic acids is 1. The minimum Gasteiger partial charge on any atom is -0.352 e. The standard InChI is InChI=1S/C15H14F3N3O5S2/c16-15(17,18)27(23,24)14-12(2-1-8-21-14)13(22)20-9-7-10-3-5-11(6-4-10)28(19,25)26/h1-6,8H,7,9H2,(H,20,22)(H2,19,25,26). The number of hydrogen-bond donors (Lipinski definition) is 2. The third-order valence-electron chi connectivity index (χ3n) is 3.53. The van der Waals surface area contributed by atoms with Gasteiger partial charge in [0.2, 0.25) is 10.0 Å². The molecule has 0 aliphatic heterocycles. The van der Waals surface area contributed by atoms with E-state index in [0.29, 0.717) is 5.56 Å². The van der Waals surface area contributed by atoms with E-state index in [-0.39, 0.29) is 17.9 Å². The summed E-state index contributed by atoms with van der Waals surface area (Å²) in [6, 6.07) is 7.49. The van der Waals surface area contributed by atoms with Gasteiger partial charge in [0.15, 0.2) is 5.03 Å². The van der Waals surface area contributed by atoms with Gasteiger partial charge in [-0.05, 0) is 36.2 Å². The number of alkyl halides is 3. The zero-order valence-electron chi connectivity index (χ0n) is 14.0. The molecule has 2 aromatic rings. The van der Waals surface area contributed by atoms with E-state index in [9.17, 15) is 34.8 Å².